The van der Waals surface area contributed by atoms with Crippen LogP contribution in [0.3, 0.4) is 0 Å². The van der Waals surface area contributed by atoms with E-state index in [-0.39, 0.29) is 24.2 Å². The number of benzene rings is 2. The van der Waals surface area contributed by atoms with Crippen LogP contribution >= 0.6 is 0 Å². The average Bonchev–Trinajstić information content (AvgIpc) is 3.11. The first-order valence-corrected chi connectivity index (χ1v) is 8.86. The van der Waals surface area contributed by atoms with E-state index in [9.17, 15) is 9.59 Å². The number of pyridine rings is 1. The number of anilines is 1. The minimum absolute atomic E-state index is 0.0843. The van der Waals surface area contributed by atoms with E-state index in [2.05, 4.69) is 5.32 Å². The van der Waals surface area contributed by atoms with E-state index >= 15 is 0 Å². The van der Waals surface area contributed by atoms with Crippen molar-refractivity contribution in [2.75, 3.05) is 12.1 Å². The van der Waals surface area contributed by atoms with Crippen LogP contribution in [0.1, 0.15) is 24.2 Å². The molecule has 0 aliphatic carbocycles. The van der Waals surface area contributed by atoms with Crippen molar-refractivity contribution >= 4 is 22.4 Å². The van der Waals surface area contributed by atoms with Gasteiger partial charge in [0.2, 0.25) is 6.79 Å². The number of carbonyl (C=O) groups excluding carboxylic acids is 1. The van der Waals surface area contributed by atoms with Crippen molar-refractivity contribution in [2.24, 2.45) is 5.92 Å². The molecule has 1 aliphatic rings. The summed E-state index contributed by atoms with van der Waals surface area (Å²) in [4.78, 5) is 25.7. The number of amides is 1. The SMILES string of the molecule is CC(C)Cn1cc(C(=O)Nc2ccc3c(c2)OCO3)c2ccccc2c1=O. The van der Waals surface area contributed by atoms with Crippen molar-refractivity contribution in [1.82, 2.24) is 4.57 Å². The fraction of sp³-hybridized carbons (Fsp3) is 0.238. The summed E-state index contributed by atoms with van der Waals surface area (Å²) in [5.41, 5.74) is 0.984. The number of hydrogen-bond donors (Lipinski definition) is 1. The molecule has 0 saturated carbocycles. The second-order valence-electron chi connectivity index (χ2n) is 6.96. The van der Waals surface area contributed by atoms with E-state index < -0.39 is 0 Å². The number of nitrogens with one attached hydrogen (secondary N) is 1. The third-order valence-corrected chi connectivity index (χ3v) is 4.43. The van der Waals surface area contributed by atoms with Crippen molar-refractivity contribution in [2.45, 2.75) is 20.4 Å². The first-order valence-electron chi connectivity index (χ1n) is 8.86. The molecule has 1 N–H and O–H groups in total. The molecular weight excluding hydrogens is 344 g/mol. The second-order valence-corrected chi connectivity index (χ2v) is 6.96. The Morgan fingerprint density at radius 1 is 1.11 bits per heavy atom. The van der Waals surface area contributed by atoms with Crippen LogP contribution in [0.15, 0.2) is 53.5 Å². The Hall–Kier alpha value is -3.28. The Kier molecular flexibility index (Phi) is 4.32. The zero-order valence-electron chi connectivity index (χ0n) is 15.2. The molecule has 0 unspecified atom stereocenters. The smallest absolute Gasteiger partial charge is 0.258 e. The number of nitrogens with zero attached hydrogens (tertiary/aromatic N) is 1. The van der Waals surface area contributed by atoms with Crippen LogP contribution in [0.5, 0.6) is 11.5 Å². The molecule has 2 aromatic carbocycles. The normalized spacial score (nSPS) is 12.6. The first kappa shape index (κ1) is 17.1. The zero-order chi connectivity index (χ0) is 19.0. The van der Waals surface area contributed by atoms with Crippen LogP contribution in [0, 0.1) is 5.92 Å². The van der Waals surface area contributed by atoms with Crippen molar-refractivity contribution < 1.29 is 14.3 Å². The van der Waals surface area contributed by atoms with Crippen LogP contribution in [0.4, 0.5) is 5.69 Å². The fourth-order valence-corrected chi connectivity index (χ4v) is 3.23. The van der Waals surface area contributed by atoms with Crippen molar-refractivity contribution in [3.05, 3.63) is 64.6 Å². The Balaban J connectivity index is 1.74. The molecule has 6 heteroatoms. The van der Waals surface area contributed by atoms with Gasteiger partial charge in [-0.2, -0.15) is 0 Å². The Labute approximate surface area is 156 Å². The van der Waals surface area contributed by atoms with Gasteiger partial charge in [0.25, 0.3) is 11.5 Å². The van der Waals surface area contributed by atoms with Crippen LogP contribution in [0.25, 0.3) is 10.8 Å². The fourth-order valence-electron chi connectivity index (χ4n) is 3.23. The number of rotatable bonds is 4. The minimum Gasteiger partial charge on any atom is -0.454 e. The van der Waals surface area contributed by atoms with Gasteiger partial charge in [0.05, 0.1) is 5.56 Å². The third-order valence-electron chi connectivity index (χ3n) is 4.43. The average molecular weight is 364 g/mol. The highest BCUT2D eigenvalue weighted by molar-refractivity contribution is 6.12. The number of carbonyl (C=O) groups is 1. The van der Waals surface area contributed by atoms with Crippen LogP contribution in [-0.4, -0.2) is 17.3 Å². The first-order chi connectivity index (χ1) is 13.0. The van der Waals surface area contributed by atoms with Crippen molar-refractivity contribution in [3.63, 3.8) is 0 Å². The molecule has 1 aromatic heterocycles. The van der Waals surface area contributed by atoms with Crippen LogP contribution in [-0.2, 0) is 6.54 Å². The number of hydrogen-bond acceptors (Lipinski definition) is 4. The van der Waals surface area contributed by atoms with Gasteiger partial charge in [-0.1, -0.05) is 32.0 Å². The molecule has 0 fully saturated rings. The summed E-state index contributed by atoms with van der Waals surface area (Å²) in [7, 11) is 0. The molecule has 0 bridgehead atoms. The predicted molar refractivity (Wildman–Crippen MR) is 104 cm³/mol. The summed E-state index contributed by atoms with van der Waals surface area (Å²) in [6, 6.07) is 12.4. The lowest BCUT2D eigenvalue weighted by Gasteiger charge is -2.14. The van der Waals surface area contributed by atoms with Gasteiger partial charge in [-0.15, -0.1) is 0 Å². The molecule has 0 atom stereocenters. The number of fused-ring (bicyclic) bond motifs is 2. The van der Waals surface area contributed by atoms with E-state index in [1.807, 2.05) is 26.0 Å². The Morgan fingerprint density at radius 3 is 2.63 bits per heavy atom. The van der Waals surface area contributed by atoms with Gasteiger partial charge < -0.3 is 19.4 Å². The Bertz CT molecular complexity index is 1090. The van der Waals surface area contributed by atoms with Gasteiger partial charge in [0, 0.05) is 35.3 Å². The molecule has 1 aliphatic heterocycles. The van der Waals surface area contributed by atoms with Gasteiger partial charge in [-0.3, -0.25) is 9.59 Å². The zero-order valence-corrected chi connectivity index (χ0v) is 15.2. The maximum atomic E-state index is 13.0. The molecule has 3 aromatic rings. The summed E-state index contributed by atoms with van der Waals surface area (Å²) >= 11 is 0. The van der Waals surface area contributed by atoms with Gasteiger partial charge in [-0.25, -0.2) is 0 Å². The molecule has 0 spiro atoms. The molecule has 1 amide bonds. The van der Waals surface area contributed by atoms with Crippen molar-refractivity contribution in [1.29, 1.82) is 0 Å². The summed E-state index contributed by atoms with van der Waals surface area (Å²) in [5, 5.41) is 4.07. The molecular formula is C21H20N2O4. The van der Waals surface area contributed by atoms with Crippen molar-refractivity contribution in [3.8, 4) is 11.5 Å². The topological polar surface area (TPSA) is 69.6 Å². The maximum absolute atomic E-state index is 13.0. The summed E-state index contributed by atoms with van der Waals surface area (Å²) in [6.07, 6.45) is 1.65. The van der Waals surface area contributed by atoms with Crippen LogP contribution < -0.4 is 20.3 Å². The van der Waals surface area contributed by atoms with Gasteiger partial charge in [0.1, 0.15) is 0 Å². The molecule has 0 saturated heterocycles. The number of aromatic nitrogens is 1. The van der Waals surface area contributed by atoms with E-state index in [4.69, 9.17) is 9.47 Å². The lowest BCUT2D eigenvalue weighted by molar-refractivity contribution is 0.102. The van der Waals surface area contributed by atoms with E-state index in [1.54, 1.807) is 41.1 Å². The Morgan fingerprint density at radius 2 is 1.85 bits per heavy atom. The lowest BCUT2D eigenvalue weighted by Crippen LogP contribution is -2.25. The lowest BCUT2D eigenvalue weighted by atomic mass is 10.1. The molecule has 4 rings (SSSR count). The van der Waals surface area contributed by atoms with Gasteiger partial charge >= 0.3 is 0 Å². The maximum Gasteiger partial charge on any atom is 0.258 e. The van der Waals surface area contributed by atoms with Gasteiger partial charge in [-0.05, 0) is 24.1 Å². The highest BCUT2D eigenvalue weighted by Crippen LogP contribution is 2.34. The predicted octanol–water partition coefficient (Wildman–Crippen LogP) is 3.64. The van der Waals surface area contributed by atoms with Crippen LogP contribution in [0.2, 0.25) is 0 Å². The standard InChI is InChI=1S/C21H20N2O4/c1-13(2)10-23-11-17(15-5-3-4-6-16(15)21(23)25)20(24)22-14-7-8-18-19(9-14)27-12-26-18/h3-9,11,13H,10,12H2,1-2H3,(H,22,24). The second kappa shape index (κ2) is 6.79. The van der Waals surface area contributed by atoms with E-state index in [0.29, 0.717) is 40.1 Å². The molecule has 138 valence electrons. The molecule has 6 nitrogen and oxygen atoms in total. The van der Waals surface area contributed by atoms with Gasteiger partial charge in [0.15, 0.2) is 11.5 Å². The molecule has 0 radical (unpaired) electrons. The monoisotopic (exact) mass is 364 g/mol. The molecule has 2 heterocycles. The minimum atomic E-state index is -0.275. The van der Waals surface area contributed by atoms with E-state index in [0.717, 1.165) is 0 Å². The number of ether oxygens (including phenoxy) is 2. The van der Waals surface area contributed by atoms with E-state index in [1.165, 1.54) is 0 Å². The quantitative estimate of drug-likeness (QED) is 0.767. The highest BCUT2D eigenvalue weighted by Gasteiger charge is 2.18. The third kappa shape index (κ3) is 3.26. The molecule has 27 heavy (non-hydrogen) atoms. The summed E-state index contributed by atoms with van der Waals surface area (Å²) < 4.78 is 12.3. The highest BCUT2D eigenvalue weighted by atomic mass is 16.7. The summed E-state index contributed by atoms with van der Waals surface area (Å²) in [6.45, 7) is 4.80. The summed E-state index contributed by atoms with van der Waals surface area (Å²) in [5.74, 6) is 1.27. The largest absolute Gasteiger partial charge is 0.454 e.